The topological polar surface area (TPSA) is 103 Å². The standard InChI is InChI=1S/C32H41ClF5N5O4/c1-19(2)16-24(41-30(46)47-31(3,4)5)29(45)39-18-20-6-8-22(27(35)26(20)34)28(44)40-23-9-7-21(33)17-25(23)43-14-12-42(13-15-43)11-10-32(36,37)38/h6-9,17,19,24H,10-16,18H2,1-5H3,(H,39,45)(H,40,44)(H,41,46)/t24-/m0/s1. The van der Waals surface area contributed by atoms with E-state index in [-0.39, 0.29) is 30.1 Å². The minimum Gasteiger partial charge on any atom is -0.444 e. The number of hydrogen-bond donors (Lipinski definition) is 3. The van der Waals surface area contributed by atoms with Gasteiger partial charge in [0.1, 0.15) is 11.6 Å². The van der Waals surface area contributed by atoms with Crippen LogP contribution >= 0.6 is 11.6 Å². The van der Waals surface area contributed by atoms with Crippen molar-refractivity contribution in [2.45, 2.75) is 71.8 Å². The van der Waals surface area contributed by atoms with Crippen molar-refractivity contribution in [1.29, 1.82) is 0 Å². The zero-order valence-electron chi connectivity index (χ0n) is 27.0. The van der Waals surface area contributed by atoms with Crippen molar-refractivity contribution in [3.63, 3.8) is 0 Å². The number of alkyl carbamates (subject to hydrolysis) is 1. The molecule has 1 atom stereocenters. The van der Waals surface area contributed by atoms with Crippen LogP contribution in [-0.4, -0.2) is 73.4 Å². The van der Waals surface area contributed by atoms with Crippen molar-refractivity contribution in [2.24, 2.45) is 5.92 Å². The van der Waals surface area contributed by atoms with Gasteiger partial charge in [0, 0.05) is 49.9 Å². The number of carbonyl (C=O) groups excluding carboxylic acids is 3. The number of anilines is 2. The van der Waals surface area contributed by atoms with Crippen LogP contribution in [0.15, 0.2) is 30.3 Å². The van der Waals surface area contributed by atoms with Crippen LogP contribution in [0.1, 0.15) is 63.4 Å². The summed E-state index contributed by atoms with van der Waals surface area (Å²) in [7, 11) is 0. The summed E-state index contributed by atoms with van der Waals surface area (Å²) in [6, 6.07) is 5.87. The Labute approximate surface area is 276 Å². The SMILES string of the molecule is CC(C)C[C@H](NC(=O)OC(C)(C)C)C(=O)NCc1ccc(C(=O)Nc2ccc(Cl)cc2N2CCN(CCC(F)(F)F)CC2)c(F)c1F. The molecule has 15 heteroatoms. The van der Waals surface area contributed by atoms with Crippen LogP contribution in [0.2, 0.25) is 5.02 Å². The summed E-state index contributed by atoms with van der Waals surface area (Å²) in [6.07, 6.45) is -5.69. The minimum atomic E-state index is -4.25. The van der Waals surface area contributed by atoms with Crippen LogP contribution in [0.4, 0.5) is 38.1 Å². The molecular weight excluding hydrogens is 649 g/mol. The van der Waals surface area contributed by atoms with E-state index < -0.39 is 65.9 Å². The van der Waals surface area contributed by atoms with Gasteiger partial charge in [-0.05, 0) is 57.4 Å². The Kier molecular flexibility index (Phi) is 12.8. The van der Waals surface area contributed by atoms with Gasteiger partial charge in [-0.25, -0.2) is 13.6 Å². The van der Waals surface area contributed by atoms with E-state index in [0.717, 1.165) is 6.07 Å². The van der Waals surface area contributed by atoms with Crippen molar-refractivity contribution in [2.75, 3.05) is 42.9 Å². The minimum absolute atomic E-state index is 0.0155. The summed E-state index contributed by atoms with van der Waals surface area (Å²) >= 11 is 6.19. The summed E-state index contributed by atoms with van der Waals surface area (Å²) in [5.41, 5.74) is -0.849. The number of carbonyl (C=O) groups is 3. The lowest BCUT2D eigenvalue weighted by molar-refractivity contribution is -0.138. The van der Waals surface area contributed by atoms with E-state index in [9.17, 15) is 27.6 Å². The second-order valence-electron chi connectivity index (χ2n) is 12.8. The molecule has 1 saturated heterocycles. The predicted molar refractivity (Wildman–Crippen MR) is 170 cm³/mol. The maximum atomic E-state index is 15.2. The second-order valence-corrected chi connectivity index (χ2v) is 13.2. The number of rotatable bonds is 11. The van der Waals surface area contributed by atoms with E-state index in [2.05, 4.69) is 16.0 Å². The van der Waals surface area contributed by atoms with E-state index >= 15 is 8.78 Å². The Morgan fingerprint density at radius 1 is 0.979 bits per heavy atom. The van der Waals surface area contributed by atoms with Gasteiger partial charge in [0.05, 0.1) is 23.4 Å². The predicted octanol–water partition coefficient (Wildman–Crippen LogP) is 6.50. The molecule has 1 fully saturated rings. The number of piperazine rings is 1. The molecule has 47 heavy (non-hydrogen) atoms. The summed E-state index contributed by atoms with van der Waals surface area (Å²) in [5, 5.41) is 7.94. The van der Waals surface area contributed by atoms with Gasteiger partial charge in [0.15, 0.2) is 11.6 Å². The third-order valence-corrected chi connectivity index (χ3v) is 7.44. The molecule has 3 amide bonds. The average molecular weight is 690 g/mol. The van der Waals surface area contributed by atoms with Crippen LogP contribution in [0.25, 0.3) is 0 Å². The Morgan fingerprint density at radius 2 is 1.64 bits per heavy atom. The molecule has 0 spiro atoms. The smallest absolute Gasteiger partial charge is 0.408 e. The fraction of sp³-hybridized carbons (Fsp3) is 0.531. The third kappa shape index (κ3) is 11.8. The third-order valence-electron chi connectivity index (χ3n) is 7.21. The zero-order valence-corrected chi connectivity index (χ0v) is 27.7. The van der Waals surface area contributed by atoms with E-state index in [4.69, 9.17) is 16.3 Å². The Bertz CT molecular complexity index is 1430. The molecule has 0 unspecified atom stereocenters. The Balaban J connectivity index is 1.68. The largest absolute Gasteiger partial charge is 0.444 e. The molecule has 0 saturated carbocycles. The molecule has 0 bridgehead atoms. The van der Waals surface area contributed by atoms with E-state index in [1.54, 1.807) is 31.7 Å². The first-order chi connectivity index (χ1) is 21.8. The van der Waals surface area contributed by atoms with Gasteiger partial charge in [-0.1, -0.05) is 31.5 Å². The summed E-state index contributed by atoms with van der Waals surface area (Å²) in [4.78, 5) is 41.8. The van der Waals surface area contributed by atoms with E-state index in [1.165, 1.54) is 18.2 Å². The van der Waals surface area contributed by atoms with Crippen molar-refractivity contribution in [3.05, 3.63) is 58.1 Å². The van der Waals surface area contributed by atoms with Gasteiger partial charge in [0.25, 0.3) is 5.91 Å². The second kappa shape index (κ2) is 16.0. The lowest BCUT2D eigenvalue weighted by Crippen LogP contribution is -2.48. The van der Waals surface area contributed by atoms with Crippen LogP contribution in [0.3, 0.4) is 0 Å². The summed E-state index contributed by atoms with van der Waals surface area (Å²) in [6.45, 7) is 9.61. The number of nitrogens with one attached hydrogen (secondary N) is 3. The fourth-order valence-corrected chi connectivity index (χ4v) is 5.08. The lowest BCUT2D eigenvalue weighted by Gasteiger charge is -2.37. The van der Waals surface area contributed by atoms with E-state index in [1.807, 2.05) is 18.7 Å². The highest BCUT2D eigenvalue weighted by Crippen LogP contribution is 2.31. The fourth-order valence-electron chi connectivity index (χ4n) is 4.92. The van der Waals surface area contributed by atoms with E-state index in [0.29, 0.717) is 36.9 Å². The molecule has 260 valence electrons. The molecule has 2 aromatic rings. The molecule has 2 aromatic carbocycles. The zero-order chi connectivity index (χ0) is 35.1. The molecule has 3 rings (SSSR count). The highest BCUT2D eigenvalue weighted by molar-refractivity contribution is 6.31. The molecule has 0 aromatic heterocycles. The monoisotopic (exact) mass is 689 g/mol. The number of amides is 3. The number of ether oxygens (including phenoxy) is 1. The average Bonchev–Trinajstić information content (AvgIpc) is 2.96. The van der Waals surface area contributed by atoms with Gasteiger partial charge in [0.2, 0.25) is 5.91 Å². The maximum absolute atomic E-state index is 15.2. The number of alkyl halides is 3. The molecule has 0 aliphatic carbocycles. The molecule has 9 nitrogen and oxygen atoms in total. The van der Waals surface area contributed by atoms with Crippen LogP contribution in [-0.2, 0) is 16.1 Å². The number of nitrogens with zero attached hydrogens (tertiary/aromatic N) is 2. The highest BCUT2D eigenvalue weighted by atomic mass is 35.5. The van der Waals surface area contributed by atoms with Crippen molar-refractivity contribution >= 4 is 40.9 Å². The summed E-state index contributed by atoms with van der Waals surface area (Å²) in [5.74, 6) is -4.30. The molecular formula is C32H41ClF5N5O4. The summed E-state index contributed by atoms with van der Waals surface area (Å²) < 4.78 is 73.4. The first-order valence-corrected chi connectivity index (χ1v) is 15.6. The number of benzene rings is 2. The highest BCUT2D eigenvalue weighted by Gasteiger charge is 2.30. The van der Waals surface area contributed by atoms with Gasteiger partial charge in [-0.15, -0.1) is 0 Å². The number of halogens is 6. The van der Waals surface area contributed by atoms with Crippen molar-refractivity contribution < 1.29 is 41.1 Å². The normalized spacial score (nSPS) is 14.9. The van der Waals surface area contributed by atoms with Crippen LogP contribution in [0, 0.1) is 17.6 Å². The molecule has 0 radical (unpaired) electrons. The van der Waals surface area contributed by atoms with Crippen molar-refractivity contribution in [1.82, 2.24) is 15.5 Å². The van der Waals surface area contributed by atoms with Crippen LogP contribution in [0.5, 0.6) is 0 Å². The van der Waals surface area contributed by atoms with Gasteiger partial charge >= 0.3 is 12.3 Å². The first-order valence-electron chi connectivity index (χ1n) is 15.2. The molecule has 1 aliphatic heterocycles. The Hall–Kier alpha value is -3.65. The number of hydrogen-bond acceptors (Lipinski definition) is 6. The van der Waals surface area contributed by atoms with Gasteiger partial charge < -0.3 is 25.6 Å². The maximum Gasteiger partial charge on any atom is 0.408 e. The van der Waals surface area contributed by atoms with Gasteiger partial charge in [-0.3, -0.25) is 14.5 Å². The molecule has 3 N–H and O–H groups in total. The van der Waals surface area contributed by atoms with Gasteiger partial charge in [-0.2, -0.15) is 13.2 Å². The molecule has 1 aliphatic rings. The lowest BCUT2D eigenvalue weighted by atomic mass is 10.0. The quantitative estimate of drug-likeness (QED) is 0.233. The van der Waals surface area contributed by atoms with Crippen molar-refractivity contribution in [3.8, 4) is 0 Å². The van der Waals surface area contributed by atoms with Crippen LogP contribution < -0.4 is 20.9 Å². The Morgan fingerprint density at radius 3 is 2.23 bits per heavy atom. The molecule has 1 heterocycles. The first kappa shape index (κ1) is 37.8.